The Morgan fingerprint density at radius 2 is 1.16 bits per heavy atom. The molecule has 152 valence electrons. The van der Waals surface area contributed by atoms with E-state index in [1.54, 1.807) is 0 Å². The summed E-state index contributed by atoms with van der Waals surface area (Å²) in [5.74, 6) is 0.702. The second kappa shape index (κ2) is 6.67. The van der Waals surface area contributed by atoms with Crippen molar-refractivity contribution in [3.05, 3.63) is 148 Å². The van der Waals surface area contributed by atoms with Crippen LogP contribution in [0.25, 0.3) is 16.7 Å². The van der Waals surface area contributed by atoms with Crippen molar-refractivity contribution >= 4 is 21.5 Å². The second-order valence-corrected chi connectivity index (χ2v) is 9.85. The largest absolute Gasteiger partial charge is 0.0757 e. The topological polar surface area (TPSA) is 0 Å². The molecule has 0 nitrogen and oxygen atoms in total. The standard InChI is InChI=1S/C31H21Br/c32-30-16-8-4-9-21(30)20-17-18-25-24-12-3-7-15-28(24)31(29(25)19-20)26-13-5-1-10-22(26)23-11-2-6-14-27(23)31/h1-19,25,29H. The maximum atomic E-state index is 3.78. The van der Waals surface area contributed by atoms with Gasteiger partial charge in [0.25, 0.3) is 0 Å². The van der Waals surface area contributed by atoms with Crippen LogP contribution in [0.1, 0.15) is 33.7 Å². The first-order valence-corrected chi connectivity index (χ1v) is 12.0. The molecule has 4 aromatic carbocycles. The molecule has 0 bridgehead atoms. The highest BCUT2D eigenvalue weighted by Gasteiger charge is 2.57. The van der Waals surface area contributed by atoms with Gasteiger partial charge in [0.2, 0.25) is 0 Å². The molecule has 0 aromatic heterocycles. The van der Waals surface area contributed by atoms with E-state index >= 15 is 0 Å². The van der Waals surface area contributed by atoms with E-state index in [9.17, 15) is 0 Å². The lowest BCUT2D eigenvalue weighted by atomic mass is 9.65. The zero-order valence-corrected chi connectivity index (χ0v) is 19.1. The molecule has 0 saturated carbocycles. The van der Waals surface area contributed by atoms with Crippen LogP contribution in [-0.4, -0.2) is 0 Å². The molecule has 0 fully saturated rings. The maximum Gasteiger partial charge on any atom is 0.0538 e. The van der Waals surface area contributed by atoms with E-state index in [1.165, 1.54) is 44.5 Å². The van der Waals surface area contributed by atoms with Crippen LogP contribution in [0.5, 0.6) is 0 Å². The van der Waals surface area contributed by atoms with E-state index in [2.05, 4.69) is 131 Å². The molecule has 3 aliphatic carbocycles. The SMILES string of the molecule is Brc1ccccc1C1=CC2C(C=C1)c1ccccc1C21c2ccccc2-c2ccccc21. The highest BCUT2D eigenvalue weighted by molar-refractivity contribution is 9.10. The minimum absolute atomic E-state index is 0.161. The molecule has 0 N–H and O–H groups in total. The molecule has 0 amide bonds. The van der Waals surface area contributed by atoms with Crippen LogP contribution in [0.15, 0.2) is 120 Å². The summed E-state index contributed by atoms with van der Waals surface area (Å²) in [6, 6.07) is 35.8. The minimum atomic E-state index is -0.161. The molecule has 1 heteroatoms. The third kappa shape index (κ3) is 2.22. The molecule has 1 spiro atoms. The van der Waals surface area contributed by atoms with Crippen molar-refractivity contribution in [1.82, 2.24) is 0 Å². The van der Waals surface area contributed by atoms with Gasteiger partial charge in [0, 0.05) is 16.3 Å². The summed E-state index contributed by atoms with van der Waals surface area (Å²) in [5.41, 5.74) is 11.0. The summed E-state index contributed by atoms with van der Waals surface area (Å²) in [6.07, 6.45) is 7.31. The Balaban J connectivity index is 1.57. The second-order valence-electron chi connectivity index (χ2n) is 9.00. The summed E-state index contributed by atoms with van der Waals surface area (Å²) in [6.45, 7) is 0. The molecule has 0 heterocycles. The van der Waals surface area contributed by atoms with Gasteiger partial charge in [-0.15, -0.1) is 0 Å². The zero-order valence-electron chi connectivity index (χ0n) is 17.5. The molecule has 0 saturated heterocycles. The van der Waals surface area contributed by atoms with Crippen molar-refractivity contribution in [1.29, 1.82) is 0 Å². The Morgan fingerprint density at radius 3 is 1.84 bits per heavy atom. The average Bonchev–Trinajstić information content (AvgIpc) is 3.31. The van der Waals surface area contributed by atoms with Gasteiger partial charge < -0.3 is 0 Å². The lowest BCUT2D eigenvalue weighted by molar-refractivity contribution is 0.467. The number of allylic oxidation sites excluding steroid dienone is 4. The minimum Gasteiger partial charge on any atom is -0.0757 e. The van der Waals surface area contributed by atoms with E-state index < -0.39 is 0 Å². The third-order valence-corrected chi connectivity index (χ3v) is 8.34. The van der Waals surface area contributed by atoms with Crippen molar-refractivity contribution in [2.75, 3.05) is 0 Å². The van der Waals surface area contributed by atoms with Crippen LogP contribution in [-0.2, 0) is 5.41 Å². The fourth-order valence-electron chi connectivity index (χ4n) is 6.49. The van der Waals surface area contributed by atoms with Gasteiger partial charge in [-0.25, -0.2) is 0 Å². The van der Waals surface area contributed by atoms with E-state index in [-0.39, 0.29) is 5.41 Å². The van der Waals surface area contributed by atoms with E-state index in [4.69, 9.17) is 0 Å². The number of hydrogen-bond acceptors (Lipinski definition) is 0. The van der Waals surface area contributed by atoms with E-state index in [0.29, 0.717) is 11.8 Å². The monoisotopic (exact) mass is 472 g/mol. The molecular formula is C31H21Br. The smallest absolute Gasteiger partial charge is 0.0538 e. The summed E-state index contributed by atoms with van der Waals surface area (Å²) in [7, 11) is 0. The first-order valence-electron chi connectivity index (χ1n) is 11.2. The van der Waals surface area contributed by atoms with Crippen molar-refractivity contribution in [2.24, 2.45) is 5.92 Å². The molecule has 2 atom stereocenters. The first kappa shape index (κ1) is 18.4. The molecule has 7 rings (SSSR count). The Bertz CT molecular complexity index is 1410. The van der Waals surface area contributed by atoms with Crippen molar-refractivity contribution in [3.63, 3.8) is 0 Å². The Kier molecular flexibility index (Phi) is 3.84. The number of fused-ring (bicyclic) bond motifs is 10. The molecular weight excluding hydrogens is 452 g/mol. The molecule has 0 aliphatic heterocycles. The molecule has 2 unspecified atom stereocenters. The number of rotatable bonds is 1. The average molecular weight is 473 g/mol. The van der Waals surface area contributed by atoms with Gasteiger partial charge in [0.05, 0.1) is 5.41 Å². The molecule has 4 aromatic rings. The van der Waals surface area contributed by atoms with Gasteiger partial charge in [0.1, 0.15) is 0 Å². The summed E-state index contributed by atoms with van der Waals surface area (Å²) >= 11 is 3.78. The molecule has 32 heavy (non-hydrogen) atoms. The van der Waals surface area contributed by atoms with E-state index in [0.717, 1.165) is 4.47 Å². The van der Waals surface area contributed by atoms with E-state index in [1.807, 2.05) is 0 Å². The van der Waals surface area contributed by atoms with Crippen LogP contribution in [0.3, 0.4) is 0 Å². The highest BCUT2D eigenvalue weighted by atomic mass is 79.9. The summed E-state index contributed by atoms with van der Waals surface area (Å²) < 4.78 is 1.14. The first-order chi connectivity index (χ1) is 15.8. The Hall–Kier alpha value is -3.16. The maximum absolute atomic E-state index is 3.78. The van der Waals surface area contributed by atoms with Crippen LogP contribution in [0, 0.1) is 5.92 Å². The zero-order chi connectivity index (χ0) is 21.3. The number of hydrogen-bond donors (Lipinski definition) is 0. The van der Waals surface area contributed by atoms with Crippen LogP contribution >= 0.6 is 15.9 Å². The highest BCUT2D eigenvalue weighted by Crippen LogP contribution is 2.65. The quantitative estimate of drug-likeness (QED) is 0.262. The van der Waals surface area contributed by atoms with Gasteiger partial charge in [-0.3, -0.25) is 0 Å². The van der Waals surface area contributed by atoms with Gasteiger partial charge >= 0.3 is 0 Å². The predicted molar refractivity (Wildman–Crippen MR) is 136 cm³/mol. The molecule has 3 aliphatic rings. The van der Waals surface area contributed by atoms with Gasteiger partial charge in [0.15, 0.2) is 0 Å². The lowest BCUT2D eigenvalue weighted by Crippen LogP contribution is -2.33. The fraction of sp³-hybridized carbons (Fsp3) is 0.0968. The number of halogens is 1. The van der Waals surface area contributed by atoms with Crippen LogP contribution in [0.2, 0.25) is 0 Å². The van der Waals surface area contributed by atoms with Crippen LogP contribution in [0.4, 0.5) is 0 Å². The van der Waals surface area contributed by atoms with Gasteiger partial charge in [-0.1, -0.05) is 125 Å². The fourth-order valence-corrected chi connectivity index (χ4v) is 7.00. The predicted octanol–water partition coefficient (Wildman–Crippen LogP) is 8.13. The third-order valence-electron chi connectivity index (χ3n) is 7.65. The molecule has 0 radical (unpaired) electrons. The van der Waals surface area contributed by atoms with Gasteiger partial charge in [-0.05, 0) is 50.6 Å². The van der Waals surface area contributed by atoms with Crippen molar-refractivity contribution in [2.45, 2.75) is 11.3 Å². The van der Waals surface area contributed by atoms with Crippen molar-refractivity contribution < 1.29 is 0 Å². The summed E-state index contributed by atoms with van der Waals surface area (Å²) in [5, 5.41) is 0. The number of benzene rings is 4. The Morgan fingerprint density at radius 1 is 0.594 bits per heavy atom. The van der Waals surface area contributed by atoms with Gasteiger partial charge in [-0.2, -0.15) is 0 Å². The normalized spacial score (nSPS) is 21.0. The summed E-state index contributed by atoms with van der Waals surface area (Å²) in [4.78, 5) is 0. The van der Waals surface area contributed by atoms with Crippen molar-refractivity contribution in [3.8, 4) is 11.1 Å². The Labute approximate surface area is 197 Å². The van der Waals surface area contributed by atoms with Crippen LogP contribution < -0.4 is 0 Å². The lowest BCUT2D eigenvalue weighted by Gasteiger charge is -2.37.